The zero-order chi connectivity index (χ0) is 12.6. The monoisotopic (exact) mass is 247 g/mol. The molecule has 3 rings (SSSR count). The van der Waals surface area contributed by atoms with Crippen LogP contribution in [-0.4, -0.2) is 29.8 Å². The van der Waals surface area contributed by atoms with Gasteiger partial charge in [0.2, 0.25) is 0 Å². The number of aliphatic hydroxyl groups excluding tert-OH is 1. The molecule has 1 amide bonds. The van der Waals surface area contributed by atoms with Gasteiger partial charge in [-0.1, -0.05) is 0 Å². The Kier molecular flexibility index (Phi) is 2.74. The predicted octanol–water partition coefficient (Wildman–Crippen LogP) is 1.27. The van der Waals surface area contributed by atoms with Crippen LogP contribution in [0.1, 0.15) is 35.2 Å². The van der Waals surface area contributed by atoms with Crippen molar-refractivity contribution in [2.75, 3.05) is 13.2 Å². The van der Waals surface area contributed by atoms with E-state index in [0.29, 0.717) is 12.2 Å². The second kappa shape index (κ2) is 4.28. The van der Waals surface area contributed by atoms with E-state index in [9.17, 15) is 9.90 Å². The number of hydrogen-bond donors (Lipinski definition) is 2. The number of hydrogen-bond acceptors (Lipinski definition) is 3. The number of carbonyl (C=O) groups excluding carboxylic acids is 1. The van der Waals surface area contributed by atoms with Crippen LogP contribution in [0.15, 0.2) is 18.2 Å². The first-order valence-corrected chi connectivity index (χ1v) is 6.42. The van der Waals surface area contributed by atoms with E-state index in [1.54, 1.807) is 6.07 Å². The molecule has 1 saturated carbocycles. The van der Waals surface area contributed by atoms with Gasteiger partial charge in [0, 0.05) is 12.0 Å². The molecule has 18 heavy (non-hydrogen) atoms. The summed E-state index contributed by atoms with van der Waals surface area (Å²) < 4.78 is 5.42. The Labute approximate surface area is 106 Å². The molecule has 0 atom stereocenters. The van der Waals surface area contributed by atoms with E-state index < -0.39 is 0 Å². The third-order valence-electron chi connectivity index (χ3n) is 3.94. The van der Waals surface area contributed by atoms with E-state index in [-0.39, 0.29) is 18.1 Å². The van der Waals surface area contributed by atoms with Gasteiger partial charge in [-0.3, -0.25) is 4.79 Å². The van der Waals surface area contributed by atoms with Crippen LogP contribution in [0.5, 0.6) is 5.75 Å². The maximum Gasteiger partial charge on any atom is 0.251 e. The summed E-state index contributed by atoms with van der Waals surface area (Å²) in [7, 11) is 0. The summed E-state index contributed by atoms with van der Waals surface area (Å²) in [6.07, 6.45) is 3.66. The molecule has 2 aliphatic rings. The summed E-state index contributed by atoms with van der Waals surface area (Å²) in [4.78, 5) is 12.1. The topological polar surface area (TPSA) is 58.6 Å². The second-order valence-corrected chi connectivity index (χ2v) is 5.17. The van der Waals surface area contributed by atoms with Crippen molar-refractivity contribution in [2.24, 2.45) is 0 Å². The Hall–Kier alpha value is -1.55. The highest BCUT2D eigenvalue weighted by atomic mass is 16.5. The molecule has 0 saturated heterocycles. The fourth-order valence-electron chi connectivity index (χ4n) is 2.57. The molecule has 0 bridgehead atoms. The summed E-state index contributed by atoms with van der Waals surface area (Å²) in [5.74, 6) is 0.783. The first-order chi connectivity index (χ1) is 8.72. The summed E-state index contributed by atoms with van der Waals surface area (Å²) >= 11 is 0. The molecule has 4 nitrogen and oxygen atoms in total. The maximum atomic E-state index is 12.1. The summed E-state index contributed by atoms with van der Waals surface area (Å²) in [5, 5.41) is 12.3. The molecule has 4 heteroatoms. The molecule has 0 unspecified atom stereocenters. The van der Waals surface area contributed by atoms with Crippen LogP contribution >= 0.6 is 0 Å². The van der Waals surface area contributed by atoms with Crippen LogP contribution in [0.25, 0.3) is 0 Å². The van der Waals surface area contributed by atoms with E-state index in [1.165, 1.54) is 0 Å². The minimum absolute atomic E-state index is 0.0206. The number of carbonyl (C=O) groups is 1. The van der Waals surface area contributed by atoms with Crippen molar-refractivity contribution in [1.82, 2.24) is 5.32 Å². The van der Waals surface area contributed by atoms with E-state index in [1.807, 2.05) is 12.1 Å². The molecular formula is C14H17NO3. The molecule has 1 heterocycles. The van der Waals surface area contributed by atoms with Gasteiger partial charge in [0.05, 0.1) is 18.8 Å². The van der Waals surface area contributed by atoms with E-state index in [0.717, 1.165) is 37.0 Å². The minimum Gasteiger partial charge on any atom is -0.493 e. The number of rotatable bonds is 3. The lowest BCUT2D eigenvalue weighted by atomic mass is 9.77. The number of aliphatic hydroxyl groups is 1. The number of ether oxygens (including phenoxy) is 1. The smallest absolute Gasteiger partial charge is 0.251 e. The van der Waals surface area contributed by atoms with Crippen molar-refractivity contribution in [2.45, 2.75) is 31.2 Å². The van der Waals surface area contributed by atoms with Crippen molar-refractivity contribution in [3.63, 3.8) is 0 Å². The largest absolute Gasteiger partial charge is 0.493 e. The third kappa shape index (κ3) is 1.86. The van der Waals surface area contributed by atoms with Gasteiger partial charge in [-0.05, 0) is 43.0 Å². The average molecular weight is 247 g/mol. The van der Waals surface area contributed by atoms with Crippen molar-refractivity contribution in [3.05, 3.63) is 29.3 Å². The number of benzene rings is 1. The predicted molar refractivity (Wildman–Crippen MR) is 66.8 cm³/mol. The third-order valence-corrected chi connectivity index (χ3v) is 3.94. The number of fused-ring (bicyclic) bond motifs is 1. The Morgan fingerprint density at radius 2 is 2.28 bits per heavy atom. The zero-order valence-electron chi connectivity index (χ0n) is 10.2. The van der Waals surface area contributed by atoms with Gasteiger partial charge >= 0.3 is 0 Å². The standard InChI is InChI=1S/C14H17NO3/c16-9-14(5-1-6-14)15-13(17)11-2-3-12-10(8-11)4-7-18-12/h2-3,8,16H,1,4-7,9H2,(H,15,17). The number of amides is 1. The fourth-order valence-corrected chi connectivity index (χ4v) is 2.57. The summed E-state index contributed by atoms with van der Waals surface area (Å²) in [5.41, 5.74) is 1.36. The molecule has 1 aliphatic heterocycles. The molecular weight excluding hydrogens is 230 g/mol. The lowest BCUT2D eigenvalue weighted by Crippen LogP contribution is -2.56. The van der Waals surface area contributed by atoms with Crippen molar-refractivity contribution >= 4 is 5.91 Å². The fraction of sp³-hybridized carbons (Fsp3) is 0.500. The highest BCUT2D eigenvalue weighted by Crippen LogP contribution is 2.32. The maximum absolute atomic E-state index is 12.1. The first kappa shape index (κ1) is 11.5. The van der Waals surface area contributed by atoms with Gasteiger partial charge in [0.15, 0.2) is 0 Å². The lowest BCUT2D eigenvalue weighted by Gasteiger charge is -2.40. The molecule has 96 valence electrons. The van der Waals surface area contributed by atoms with Crippen molar-refractivity contribution < 1.29 is 14.6 Å². The Morgan fingerprint density at radius 3 is 2.94 bits per heavy atom. The SMILES string of the molecule is O=C(NC1(CO)CCC1)c1ccc2c(c1)CCO2. The molecule has 0 radical (unpaired) electrons. The summed E-state index contributed by atoms with van der Waals surface area (Å²) in [6.45, 7) is 0.716. The quantitative estimate of drug-likeness (QED) is 0.845. The normalized spacial score (nSPS) is 19.6. The van der Waals surface area contributed by atoms with Crippen LogP contribution in [0.3, 0.4) is 0 Å². The highest BCUT2D eigenvalue weighted by molar-refractivity contribution is 5.95. The van der Waals surface area contributed by atoms with E-state index >= 15 is 0 Å². The van der Waals surface area contributed by atoms with Gasteiger partial charge in [0.25, 0.3) is 5.91 Å². The Bertz CT molecular complexity index is 474. The van der Waals surface area contributed by atoms with Gasteiger partial charge in [-0.2, -0.15) is 0 Å². The summed E-state index contributed by atoms with van der Waals surface area (Å²) in [6, 6.07) is 5.52. The second-order valence-electron chi connectivity index (χ2n) is 5.17. The van der Waals surface area contributed by atoms with Gasteiger partial charge in [-0.15, -0.1) is 0 Å². The van der Waals surface area contributed by atoms with Gasteiger partial charge in [0.1, 0.15) is 5.75 Å². The van der Waals surface area contributed by atoms with Crippen LogP contribution in [0, 0.1) is 0 Å². The molecule has 1 aliphatic carbocycles. The first-order valence-electron chi connectivity index (χ1n) is 6.42. The van der Waals surface area contributed by atoms with Crippen molar-refractivity contribution in [1.29, 1.82) is 0 Å². The Morgan fingerprint density at radius 1 is 1.44 bits per heavy atom. The molecule has 1 aromatic carbocycles. The van der Waals surface area contributed by atoms with E-state index in [2.05, 4.69) is 5.32 Å². The average Bonchev–Trinajstić information content (AvgIpc) is 2.80. The molecule has 2 N–H and O–H groups in total. The van der Waals surface area contributed by atoms with Gasteiger partial charge in [-0.25, -0.2) is 0 Å². The van der Waals surface area contributed by atoms with Crippen LogP contribution in [0.4, 0.5) is 0 Å². The minimum atomic E-state index is -0.382. The van der Waals surface area contributed by atoms with E-state index in [4.69, 9.17) is 4.74 Å². The molecule has 0 spiro atoms. The Balaban J connectivity index is 1.76. The number of nitrogens with one attached hydrogen (secondary N) is 1. The zero-order valence-corrected chi connectivity index (χ0v) is 10.2. The van der Waals surface area contributed by atoms with Crippen molar-refractivity contribution in [3.8, 4) is 5.75 Å². The van der Waals surface area contributed by atoms with Crippen LogP contribution in [-0.2, 0) is 6.42 Å². The lowest BCUT2D eigenvalue weighted by molar-refractivity contribution is 0.0641. The van der Waals surface area contributed by atoms with Crippen LogP contribution in [0.2, 0.25) is 0 Å². The van der Waals surface area contributed by atoms with Gasteiger partial charge < -0.3 is 15.2 Å². The molecule has 1 aromatic rings. The molecule has 1 fully saturated rings. The van der Waals surface area contributed by atoms with Crippen LogP contribution < -0.4 is 10.1 Å². The highest BCUT2D eigenvalue weighted by Gasteiger charge is 2.37. The molecule has 0 aromatic heterocycles.